The van der Waals surface area contributed by atoms with Gasteiger partial charge in [-0.25, -0.2) is 0 Å². The molecule has 0 aromatic heterocycles. The molecule has 0 saturated heterocycles. The maximum absolute atomic E-state index is 3.00. The summed E-state index contributed by atoms with van der Waals surface area (Å²) in [6.45, 7) is 5.57. The van der Waals surface area contributed by atoms with E-state index in [9.17, 15) is 0 Å². The lowest BCUT2D eigenvalue weighted by atomic mass is 10.3. The molecule has 12 heavy (non-hydrogen) atoms. The van der Waals surface area contributed by atoms with E-state index in [0.717, 1.165) is 25.9 Å². The topological polar surface area (TPSA) is 24.1 Å². The first-order valence-corrected chi connectivity index (χ1v) is 4.21. The van der Waals surface area contributed by atoms with Crippen molar-refractivity contribution < 1.29 is 0 Å². The molecule has 0 rings (SSSR count). The third-order valence-electron chi connectivity index (χ3n) is 1.28. The smallest absolute Gasteiger partial charge is 0.0230 e. The van der Waals surface area contributed by atoms with Gasteiger partial charge in [-0.2, -0.15) is 0 Å². The van der Waals surface area contributed by atoms with Crippen molar-refractivity contribution in [3.8, 4) is 23.9 Å². The maximum atomic E-state index is 3.00. The van der Waals surface area contributed by atoms with Crippen LogP contribution < -0.4 is 10.6 Å². The summed E-state index contributed by atoms with van der Waals surface area (Å²) < 4.78 is 0. The van der Waals surface area contributed by atoms with Gasteiger partial charge in [0.15, 0.2) is 0 Å². The zero-order valence-corrected chi connectivity index (χ0v) is 7.83. The molecule has 2 N–H and O–H groups in total. The van der Waals surface area contributed by atoms with Crippen LogP contribution in [0.4, 0.5) is 0 Å². The van der Waals surface area contributed by atoms with E-state index >= 15 is 0 Å². The molecule has 0 aliphatic rings. The molecular formula is C10H16N2. The van der Waals surface area contributed by atoms with Crippen LogP contribution in [0.5, 0.6) is 0 Å². The lowest BCUT2D eigenvalue weighted by Gasteiger charge is -1.98. The van der Waals surface area contributed by atoms with Crippen molar-refractivity contribution in [2.45, 2.75) is 26.7 Å². The molecule has 0 saturated carbocycles. The van der Waals surface area contributed by atoms with Crippen LogP contribution in [0.2, 0.25) is 0 Å². The Kier molecular flexibility index (Phi) is 8.68. The highest BCUT2D eigenvalue weighted by Crippen LogP contribution is 1.82. The van der Waals surface area contributed by atoms with Gasteiger partial charge in [-0.1, -0.05) is 11.8 Å². The molecule has 0 unspecified atom stereocenters. The molecule has 0 aromatic carbocycles. The van der Waals surface area contributed by atoms with E-state index in [0.29, 0.717) is 0 Å². The Morgan fingerprint density at radius 3 is 1.58 bits per heavy atom. The van der Waals surface area contributed by atoms with Gasteiger partial charge in [0.1, 0.15) is 0 Å². The van der Waals surface area contributed by atoms with E-state index in [4.69, 9.17) is 0 Å². The van der Waals surface area contributed by atoms with Gasteiger partial charge >= 0.3 is 0 Å². The highest BCUT2D eigenvalue weighted by molar-refractivity contribution is 4.92. The predicted octanol–water partition coefficient (Wildman–Crippen LogP) is 0.907. The van der Waals surface area contributed by atoms with E-state index in [1.165, 1.54) is 0 Å². The summed E-state index contributed by atoms with van der Waals surface area (Å²) in [6.07, 6.45) is 2.26. The average Bonchev–Trinajstić information content (AvgIpc) is 2.10. The summed E-state index contributed by atoms with van der Waals surface area (Å²) in [7, 11) is 0. The van der Waals surface area contributed by atoms with Crippen LogP contribution in [0.1, 0.15) is 26.7 Å². The van der Waals surface area contributed by atoms with Crippen molar-refractivity contribution in [2.24, 2.45) is 0 Å². The van der Waals surface area contributed by atoms with Crippen LogP contribution >= 0.6 is 0 Å². The Balaban J connectivity index is 2.97. The summed E-state index contributed by atoms with van der Waals surface area (Å²) in [5.74, 6) is 5.56. The zero-order valence-electron chi connectivity index (χ0n) is 7.83. The van der Waals surface area contributed by atoms with Gasteiger partial charge in [-0.15, -0.1) is 0 Å². The molecule has 0 heterocycles. The third-order valence-corrected chi connectivity index (χ3v) is 1.28. The van der Waals surface area contributed by atoms with Gasteiger partial charge in [-0.3, -0.25) is 0 Å². The molecule has 0 aromatic rings. The standard InChI is InChI=1S/C10H16N2/c1-3-7-11-9-5-6-10-12-8-4-2/h11-12H,5-6,9-10H2,1-2H3. The van der Waals surface area contributed by atoms with Crippen LogP contribution in [0.25, 0.3) is 0 Å². The van der Waals surface area contributed by atoms with Gasteiger partial charge in [-0.05, 0) is 26.7 Å². The Bertz CT molecular complexity index is 175. The summed E-state index contributed by atoms with van der Waals surface area (Å²) in [5.41, 5.74) is 0. The number of unbranched alkanes of at least 4 members (excludes halogenated alkanes) is 1. The van der Waals surface area contributed by atoms with Crippen LogP contribution in [-0.2, 0) is 0 Å². The van der Waals surface area contributed by atoms with Crippen LogP contribution in [0.3, 0.4) is 0 Å². The molecule has 0 atom stereocenters. The summed E-state index contributed by atoms with van der Waals surface area (Å²) in [5, 5.41) is 6.00. The van der Waals surface area contributed by atoms with Crippen LogP contribution in [0, 0.1) is 23.9 Å². The third kappa shape index (κ3) is 8.72. The quantitative estimate of drug-likeness (QED) is 0.358. The van der Waals surface area contributed by atoms with E-state index in [1.807, 2.05) is 13.8 Å². The van der Waals surface area contributed by atoms with Crippen LogP contribution in [0.15, 0.2) is 0 Å². The molecule has 0 radical (unpaired) electrons. The van der Waals surface area contributed by atoms with Gasteiger partial charge in [0.25, 0.3) is 0 Å². The first kappa shape index (κ1) is 10.7. The largest absolute Gasteiger partial charge is 0.346 e. The van der Waals surface area contributed by atoms with Crippen molar-refractivity contribution in [1.82, 2.24) is 10.6 Å². The highest BCUT2D eigenvalue weighted by atomic mass is 14.8. The molecule has 0 fully saturated rings. The Labute approximate surface area is 75.1 Å². The fourth-order valence-electron chi connectivity index (χ4n) is 0.729. The minimum Gasteiger partial charge on any atom is -0.346 e. The summed E-state index contributed by atoms with van der Waals surface area (Å²) >= 11 is 0. The highest BCUT2D eigenvalue weighted by Gasteiger charge is 1.83. The zero-order chi connectivity index (χ0) is 9.07. The second-order valence-corrected chi connectivity index (χ2v) is 2.31. The summed E-state index contributed by atoms with van der Waals surface area (Å²) in [4.78, 5) is 0. The van der Waals surface area contributed by atoms with Crippen molar-refractivity contribution in [1.29, 1.82) is 0 Å². The molecule has 0 aliphatic carbocycles. The molecule has 2 nitrogen and oxygen atoms in total. The molecule has 0 bridgehead atoms. The Morgan fingerprint density at radius 1 is 0.833 bits per heavy atom. The second kappa shape index (κ2) is 9.72. The van der Waals surface area contributed by atoms with Crippen molar-refractivity contribution >= 4 is 0 Å². The first-order valence-electron chi connectivity index (χ1n) is 4.21. The van der Waals surface area contributed by atoms with Crippen molar-refractivity contribution in [3.63, 3.8) is 0 Å². The minimum absolute atomic E-state index is 0.960. The monoisotopic (exact) mass is 164 g/mol. The number of nitrogens with one attached hydrogen (secondary N) is 2. The first-order chi connectivity index (χ1) is 5.91. The summed E-state index contributed by atoms with van der Waals surface area (Å²) in [6, 6.07) is 5.60. The molecule has 0 aliphatic heterocycles. The average molecular weight is 164 g/mol. The van der Waals surface area contributed by atoms with Gasteiger partial charge < -0.3 is 10.6 Å². The number of hydrogen-bond donors (Lipinski definition) is 2. The molecule has 2 heteroatoms. The Morgan fingerprint density at radius 2 is 1.25 bits per heavy atom. The predicted molar refractivity (Wildman–Crippen MR) is 52.1 cm³/mol. The second-order valence-electron chi connectivity index (χ2n) is 2.31. The SMILES string of the molecule is CC#CNCCCCNC#CC. The Hall–Kier alpha value is -1.28. The van der Waals surface area contributed by atoms with E-state index in [2.05, 4.69) is 34.6 Å². The van der Waals surface area contributed by atoms with Gasteiger partial charge in [0, 0.05) is 25.2 Å². The van der Waals surface area contributed by atoms with Crippen LogP contribution in [-0.4, -0.2) is 13.1 Å². The van der Waals surface area contributed by atoms with E-state index in [1.54, 1.807) is 0 Å². The number of rotatable bonds is 5. The fraction of sp³-hybridized carbons (Fsp3) is 0.600. The molecule has 0 spiro atoms. The van der Waals surface area contributed by atoms with E-state index in [-0.39, 0.29) is 0 Å². The molecule has 66 valence electrons. The van der Waals surface area contributed by atoms with Crippen molar-refractivity contribution in [2.75, 3.05) is 13.1 Å². The lowest BCUT2D eigenvalue weighted by molar-refractivity contribution is 0.682. The maximum Gasteiger partial charge on any atom is 0.0230 e. The molecule has 0 amide bonds. The fourth-order valence-corrected chi connectivity index (χ4v) is 0.729. The van der Waals surface area contributed by atoms with Gasteiger partial charge in [0.2, 0.25) is 0 Å². The molecular weight excluding hydrogens is 148 g/mol. The number of hydrogen-bond acceptors (Lipinski definition) is 2. The van der Waals surface area contributed by atoms with Crippen molar-refractivity contribution in [3.05, 3.63) is 0 Å². The minimum atomic E-state index is 0.960. The van der Waals surface area contributed by atoms with Gasteiger partial charge in [0.05, 0.1) is 0 Å². The normalized spacial score (nSPS) is 7.17. The lowest BCUT2D eigenvalue weighted by Crippen LogP contribution is -2.12. The van der Waals surface area contributed by atoms with E-state index < -0.39 is 0 Å².